The van der Waals surface area contributed by atoms with E-state index in [1.165, 1.54) is 11.1 Å². The summed E-state index contributed by atoms with van der Waals surface area (Å²) < 4.78 is 26.5. The molecule has 4 aliphatic heterocycles. The molecule has 0 unspecified atom stereocenters. The molecule has 5 heterocycles. The molecule has 1 aromatic heterocycles. The number of aromatic nitrogens is 1. The topological polar surface area (TPSA) is 88.4 Å². The van der Waals surface area contributed by atoms with Crippen LogP contribution in [0, 0.1) is 13.8 Å². The molecule has 8 heteroatoms. The first-order valence-corrected chi connectivity index (χ1v) is 17.1. The van der Waals surface area contributed by atoms with Gasteiger partial charge in [-0.25, -0.2) is 9.98 Å². The van der Waals surface area contributed by atoms with Crippen LogP contribution < -0.4 is 10.7 Å². The van der Waals surface area contributed by atoms with Crippen LogP contribution >= 0.6 is 7.60 Å². The highest BCUT2D eigenvalue weighted by atomic mass is 31.2. The fraction of sp³-hybridized carbons (Fsp3) is 0.184. The van der Waals surface area contributed by atoms with Crippen molar-refractivity contribution in [1.29, 1.82) is 0 Å². The fourth-order valence-electron chi connectivity index (χ4n) is 6.03. The first kappa shape index (κ1) is 30.0. The maximum Gasteiger partial charge on any atom is 0.365 e. The van der Waals surface area contributed by atoms with Gasteiger partial charge in [0.1, 0.15) is 5.31 Å². The van der Waals surface area contributed by atoms with Gasteiger partial charge in [0.25, 0.3) is 0 Å². The first-order valence-electron chi connectivity index (χ1n) is 15.6. The summed E-state index contributed by atoms with van der Waals surface area (Å²) in [4.78, 5) is 18.9. The van der Waals surface area contributed by atoms with Crippen molar-refractivity contribution in [3.63, 3.8) is 0 Å². The summed E-state index contributed by atoms with van der Waals surface area (Å²) in [7, 11) is -3.81. The molecule has 3 aromatic rings. The van der Waals surface area contributed by atoms with Gasteiger partial charge in [-0.15, -0.1) is 0 Å². The Morgan fingerprint density at radius 1 is 0.739 bits per heavy atom. The number of nitrogens with one attached hydrogen (secondary N) is 1. The predicted molar refractivity (Wildman–Crippen MR) is 187 cm³/mol. The molecule has 0 saturated carbocycles. The lowest BCUT2D eigenvalue weighted by molar-refractivity contribution is 0.227. The van der Waals surface area contributed by atoms with Crippen molar-refractivity contribution in [1.82, 2.24) is 4.98 Å². The minimum atomic E-state index is -3.81. The molecule has 2 aromatic carbocycles. The van der Waals surface area contributed by atoms with Gasteiger partial charge in [0.15, 0.2) is 0 Å². The van der Waals surface area contributed by atoms with Crippen molar-refractivity contribution in [2.75, 3.05) is 13.2 Å². The molecule has 0 amide bonds. The summed E-state index contributed by atoms with van der Waals surface area (Å²) in [6.07, 6.45) is 12.5. The number of benzene rings is 2. The molecule has 0 atom stereocenters. The molecule has 0 saturated heterocycles. The molecule has 4 aliphatic rings. The Balaban J connectivity index is 1.54. The molecule has 7 rings (SSSR count). The van der Waals surface area contributed by atoms with Crippen LogP contribution in [0.15, 0.2) is 128 Å². The highest BCUT2D eigenvalue weighted by molar-refractivity contribution is 7.60. The van der Waals surface area contributed by atoms with Crippen LogP contribution in [0.5, 0.6) is 0 Å². The van der Waals surface area contributed by atoms with Crippen LogP contribution in [0.25, 0.3) is 17.2 Å². The number of hydrogen-bond acceptors (Lipinski definition) is 6. The average Bonchev–Trinajstić information content (AvgIpc) is 3.86. The van der Waals surface area contributed by atoms with Gasteiger partial charge in [0.2, 0.25) is 0 Å². The molecule has 8 bridgehead atoms. The van der Waals surface area contributed by atoms with Gasteiger partial charge < -0.3 is 14.0 Å². The summed E-state index contributed by atoms with van der Waals surface area (Å²) in [5.41, 5.74) is 10.5. The van der Waals surface area contributed by atoms with Crippen LogP contribution in [0.3, 0.4) is 0 Å². The fourth-order valence-corrected chi connectivity index (χ4v) is 7.91. The summed E-state index contributed by atoms with van der Waals surface area (Å²) >= 11 is 0. The molecular formula is C38H35N4O3P. The molecule has 230 valence electrons. The molecule has 46 heavy (non-hydrogen) atoms. The van der Waals surface area contributed by atoms with E-state index in [2.05, 4.69) is 85.6 Å². The van der Waals surface area contributed by atoms with E-state index in [9.17, 15) is 4.57 Å². The third-order valence-electron chi connectivity index (χ3n) is 8.16. The van der Waals surface area contributed by atoms with Gasteiger partial charge in [-0.3, -0.25) is 9.56 Å². The second kappa shape index (κ2) is 12.3. The minimum absolute atomic E-state index is 0.214. The van der Waals surface area contributed by atoms with Crippen LogP contribution in [0.4, 0.5) is 0 Å². The van der Waals surface area contributed by atoms with Gasteiger partial charge in [-0.05, 0) is 81.3 Å². The van der Waals surface area contributed by atoms with Gasteiger partial charge in [-0.2, -0.15) is 0 Å². The summed E-state index contributed by atoms with van der Waals surface area (Å²) in [5, 5.41) is 2.22. The summed E-state index contributed by atoms with van der Waals surface area (Å²) in [6.45, 7) is 8.20. The van der Waals surface area contributed by atoms with E-state index in [-0.39, 0.29) is 13.2 Å². The van der Waals surface area contributed by atoms with Crippen LogP contribution in [0.2, 0.25) is 0 Å². The second-order valence-corrected chi connectivity index (χ2v) is 13.4. The van der Waals surface area contributed by atoms with E-state index < -0.39 is 7.60 Å². The van der Waals surface area contributed by atoms with E-state index in [0.29, 0.717) is 23.1 Å². The monoisotopic (exact) mass is 626 g/mol. The molecule has 1 N–H and O–H groups in total. The smallest absolute Gasteiger partial charge is 0.355 e. The van der Waals surface area contributed by atoms with Crippen molar-refractivity contribution >= 4 is 42.0 Å². The highest BCUT2D eigenvalue weighted by Crippen LogP contribution is 2.59. The van der Waals surface area contributed by atoms with Crippen molar-refractivity contribution in [3.8, 4) is 0 Å². The number of aromatic amines is 1. The molecule has 0 aliphatic carbocycles. The lowest BCUT2D eigenvalue weighted by atomic mass is 9.99. The Bertz CT molecular complexity index is 2160. The molecule has 7 nitrogen and oxygen atoms in total. The van der Waals surface area contributed by atoms with Crippen molar-refractivity contribution in [3.05, 3.63) is 146 Å². The van der Waals surface area contributed by atoms with Gasteiger partial charge >= 0.3 is 7.60 Å². The number of allylic oxidation sites excluding steroid dienone is 7. The van der Waals surface area contributed by atoms with Crippen LogP contribution in [-0.4, -0.2) is 35.3 Å². The van der Waals surface area contributed by atoms with Crippen molar-refractivity contribution in [2.24, 2.45) is 15.0 Å². The largest absolute Gasteiger partial charge is 0.365 e. The Morgan fingerprint density at radius 2 is 1.39 bits per heavy atom. The number of rotatable bonds is 7. The Morgan fingerprint density at radius 3 is 2.07 bits per heavy atom. The summed E-state index contributed by atoms with van der Waals surface area (Å²) in [6, 6.07) is 20.9. The summed E-state index contributed by atoms with van der Waals surface area (Å²) in [5.74, 6) is 0. The third kappa shape index (κ3) is 5.62. The number of aryl methyl sites for hydroxylation is 2. The second-order valence-electron chi connectivity index (χ2n) is 11.5. The lowest BCUT2D eigenvalue weighted by Crippen LogP contribution is -2.18. The maximum atomic E-state index is 14.6. The van der Waals surface area contributed by atoms with E-state index in [0.717, 1.165) is 55.8 Å². The number of H-pyrrole nitrogens is 1. The SMILES string of the molecule is CCOP(=O)(OCC)C1=C2C=CC(=N2)C(c2ccc(C)cc2)=c2ccc([nH]2)=CC2=NC(=C(c3ccc(C)cc3)C3=CCC1=N3)C=C2. The van der Waals surface area contributed by atoms with Crippen LogP contribution in [-0.2, 0) is 13.6 Å². The van der Waals surface area contributed by atoms with E-state index in [1.54, 1.807) is 0 Å². The molecule has 0 radical (unpaired) electrons. The number of hydrogen-bond donors (Lipinski definition) is 1. The minimum Gasteiger partial charge on any atom is -0.355 e. The Kier molecular flexibility index (Phi) is 7.99. The highest BCUT2D eigenvalue weighted by Gasteiger charge is 2.38. The van der Waals surface area contributed by atoms with E-state index >= 15 is 0 Å². The number of fused-ring (bicyclic) bond motifs is 5. The predicted octanol–water partition coefficient (Wildman–Crippen LogP) is 7.26. The standard InChI is InChI=1S/C38H35N4O3P/c1-5-44-46(43,45-6-2)38-34-21-19-32(41-34)36(26-11-7-24(3)8-12-26)30-17-15-28(39-30)23-29-16-18-31(40-29)37(33-20-22-35(38)42-33)27-13-9-25(4)10-14-27/h7-21,23,39H,5-6,22H2,1-4H3. The zero-order valence-corrected chi connectivity index (χ0v) is 27.3. The molecule has 0 fully saturated rings. The van der Waals surface area contributed by atoms with Crippen molar-refractivity contribution < 1.29 is 13.6 Å². The Hall–Kier alpha value is -4.68. The number of aliphatic imine (C=N–C) groups is 3. The van der Waals surface area contributed by atoms with Gasteiger partial charge in [-0.1, -0.05) is 65.7 Å². The zero-order chi connectivity index (χ0) is 31.8. The van der Waals surface area contributed by atoms with Crippen molar-refractivity contribution in [2.45, 2.75) is 34.1 Å². The van der Waals surface area contributed by atoms with Crippen LogP contribution in [0.1, 0.15) is 42.5 Å². The normalized spacial score (nSPS) is 17.3. The van der Waals surface area contributed by atoms with Gasteiger partial charge in [0.05, 0.1) is 47.4 Å². The van der Waals surface area contributed by atoms with E-state index in [1.807, 2.05) is 44.2 Å². The average molecular weight is 627 g/mol. The Labute approximate surface area is 268 Å². The first-order chi connectivity index (χ1) is 22.3. The molecular weight excluding hydrogens is 591 g/mol. The maximum absolute atomic E-state index is 14.6. The van der Waals surface area contributed by atoms with E-state index in [4.69, 9.17) is 24.0 Å². The zero-order valence-electron chi connectivity index (χ0n) is 26.4. The number of nitrogens with zero attached hydrogens (tertiary/aromatic N) is 3. The molecule has 0 spiro atoms. The quantitative estimate of drug-likeness (QED) is 0.280. The van der Waals surface area contributed by atoms with Gasteiger partial charge in [0, 0.05) is 28.3 Å². The third-order valence-corrected chi connectivity index (χ3v) is 10.4. The lowest BCUT2D eigenvalue weighted by Gasteiger charge is -2.21.